The van der Waals surface area contributed by atoms with Gasteiger partial charge in [0, 0.05) is 30.6 Å². The van der Waals surface area contributed by atoms with Crippen LogP contribution in [0.15, 0.2) is 24.3 Å². The summed E-state index contributed by atoms with van der Waals surface area (Å²) in [5, 5.41) is 10.4. The van der Waals surface area contributed by atoms with E-state index in [2.05, 4.69) is 6.92 Å². The number of phenolic OH excluding ortho intramolecular Hbond substituents is 1. The maximum absolute atomic E-state index is 13.0. The van der Waals surface area contributed by atoms with E-state index >= 15 is 0 Å². The van der Waals surface area contributed by atoms with Gasteiger partial charge in [-0.05, 0) is 31.4 Å². The van der Waals surface area contributed by atoms with Gasteiger partial charge in [0.25, 0.3) is 5.91 Å². The van der Waals surface area contributed by atoms with Crippen molar-refractivity contribution in [2.24, 2.45) is 0 Å². The van der Waals surface area contributed by atoms with E-state index < -0.39 is 6.04 Å². The number of carbonyl (C=O) groups excluding carboxylic acids is 2. The monoisotopic (exact) mass is 348 g/mol. The lowest BCUT2D eigenvalue weighted by molar-refractivity contribution is -0.135. The third-order valence-corrected chi connectivity index (χ3v) is 6.21. The number of hydrogen-bond donors (Lipinski definition) is 1. The average Bonchev–Trinajstić information content (AvgIpc) is 3.10. The number of phenols is 1. The summed E-state index contributed by atoms with van der Waals surface area (Å²) in [6.07, 6.45) is 2.59. The van der Waals surface area contributed by atoms with Crippen LogP contribution in [-0.4, -0.2) is 63.4 Å². The Morgan fingerprint density at radius 1 is 1.29 bits per heavy atom. The van der Waals surface area contributed by atoms with Crippen molar-refractivity contribution >= 4 is 23.6 Å². The van der Waals surface area contributed by atoms with Crippen molar-refractivity contribution < 1.29 is 14.7 Å². The highest BCUT2D eigenvalue weighted by Crippen LogP contribution is 2.27. The molecule has 0 saturated carbocycles. The van der Waals surface area contributed by atoms with Gasteiger partial charge >= 0.3 is 0 Å². The van der Waals surface area contributed by atoms with E-state index in [1.807, 2.05) is 16.7 Å². The molecule has 2 fully saturated rings. The molecule has 0 spiro atoms. The molecule has 0 bridgehead atoms. The lowest BCUT2D eigenvalue weighted by Crippen LogP contribution is -2.51. The zero-order chi connectivity index (χ0) is 17.1. The van der Waals surface area contributed by atoms with Crippen LogP contribution in [-0.2, 0) is 4.79 Å². The van der Waals surface area contributed by atoms with Crippen LogP contribution in [0, 0.1) is 0 Å². The van der Waals surface area contributed by atoms with Crippen LogP contribution in [0.5, 0.6) is 5.75 Å². The molecular formula is C18H24N2O3S. The van der Waals surface area contributed by atoms with Crippen LogP contribution >= 0.6 is 11.8 Å². The van der Waals surface area contributed by atoms with Gasteiger partial charge in [0.2, 0.25) is 5.91 Å². The molecule has 0 radical (unpaired) electrons. The third kappa shape index (κ3) is 3.38. The fraction of sp³-hybridized carbons (Fsp3) is 0.556. The third-order valence-electron chi connectivity index (χ3n) is 4.84. The van der Waals surface area contributed by atoms with Gasteiger partial charge in [-0.1, -0.05) is 19.1 Å². The Morgan fingerprint density at radius 2 is 2.08 bits per heavy atom. The standard InChI is InChI=1S/C18H24N2O3S/c1-2-13-12-19(10-11-24-13)18(23)15-7-5-9-20(15)17(22)14-6-3-4-8-16(14)21/h3-4,6,8,13,15,21H,2,5,7,9-12H2,1H3/t13-,15-/m1/s1. The summed E-state index contributed by atoms with van der Waals surface area (Å²) in [6, 6.07) is 6.15. The van der Waals surface area contributed by atoms with E-state index in [1.165, 1.54) is 6.07 Å². The smallest absolute Gasteiger partial charge is 0.258 e. The van der Waals surface area contributed by atoms with Gasteiger partial charge < -0.3 is 14.9 Å². The molecule has 2 aliphatic heterocycles. The van der Waals surface area contributed by atoms with Gasteiger partial charge in [-0.3, -0.25) is 9.59 Å². The highest BCUT2D eigenvalue weighted by molar-refractivity contribution is 8.00. The Balaban J connectivity index is 1.74. The minimum absolute atomic E-state index is 0.0268. The summed E-state index contributed by atoms with van der Waals surface area (Å²) >= 11 is 1.93. The highest BCUT2D eigenvalue weighted by atomic mass is 32.2. The van der Waals surface area contributed by atoms with E-state index in [4.69, 9.17) is 0 Å². The molecular weight excluding hydrogens is 324 g/mol. The molecule has 5 nitrogen and oxygen atoms in total. The molecule has 2 amide bonds. The van der Waals surface area contributed by atoms with Crippen molar-refractivity contribution in [2.45, 2.75) is 37.5 Å². The van der Waals surface area contributed by atoms with E-state index in [0.29, 0.717) is 18.2 Å². The zero-order valence-electron chi connectivity index (χ0n) is 14.0. The Labute approximate surface area is 147 Å². The first-order valence-electron chi connectivity index (χ1n) is 8.61. The second-order valence-electron chi connectivity index (χ2n) is 6.36. The summed E-state index contributed by atoms with van der Waals surface area (Å²) in [6.45, 7) is 4.25. The Morgan fingerprint density at radius 3 is 2.83 bits per heavy atom. The lowest BCUT2D eigenvalue weighted by atomic mass is 10.1. The summed E-state index contributed by atoms with van der Waals surface area (Å²) in [5.41, 5.74) is 0.276. The molecule has 1 N–H and O–H groups in total. The molecule has 6 heteroatoms. The predicted octanol–water partition coefficient (Wildman–Crippen LogP) is 2.35. The van der Waals surface area contributed by atoms with Crippen molar-refractivity contribution in [1.29, 1.82) is 0 Å². The fourth-order valence-corrected chi connectivity index (χ4v) is 4.63. The number of benzene rings is 1. The molecule has 2 heterocycles. The molecule has 2 atom stereocenters. The second kappa shape index (κ2) is 7.47. The number of carbonyl (C=O) groups is 2. The summed E-state index contributed by atoms with van der Waals surface area (Å²) < 4.78 is 0. The van der Waals surface area contributed by atoms with Crippen LogP contribution in [0.3, 0.4) is 0 Å². The van der Waals surface area contributed by atoms with Crippen molar-refractivity contribution in [3.05, 3.63) is 29.8 Å². The topological polar surface area (TPSA) is 60.9 Å². The molecule has 2 aliphatic rings. The lowest BCUT2D eigenvalue weighted by Gasteiger charge is -2.35. The van der Waals surface area contributed by atoms with Crippen molar-refractivity contribution in [3.63, 3.8) is 0 Å². The Hall–Kier alpha value is -1.69. The number of hydrogen-bond acceptors (Lipinski definition) is 4. The number of nitrogens with zero attached hydrogens (tertiary/aromatic N) is 2. The van der Waals surface area contributed by atoms with Crippen molar-refractivity contribution in [2.75, 3.05) is 25.4 Å². The van der Waals surface area contributed by atoms with Crippen LogP contribution in [0.2, 0.25) is 0 Å². The van der Waals surface area contributed by atoms with Crippen LogP contribution in [0.4, 0.5) is 0 Å². The SMILES string of the molecule is CC[C@@H]1CN(C(=O)[C@H]2CCCN2C(=O)c2ccccc2O)CCS1. The van der Waals surface area contributed by atoms with Gasteiger partial charge in [-0.15, -0.1) is 0 Å². The average molecular weight is 348 g/mol. The van der Waals surface area contributed by atoms with Gasteiger partial charge in [0.05, 0.1) is 5.56 Å². The molecule has 2 saturated heterocycles. The largest absolute Gasteiger partial charge is 0.507 e. The maximum atomic E-state index is 13.0. The number of aromatic hydroxyl groups is 1. The molecule has 1 aromatic carbocycles. The van der Waals surface area contributed by atoms with E-state index in [0.717, 1.165) is 31.7 Å². The number of thioether (sulfide) groups is 1. The second-order valence-corrected chi connectivity index (χ2v) is 7.77. The number of amides is 2. The number of para-hydroxylation sites is 1. The molecule has 3 rings (SSSR count). The van der Waals surface area contributed by atoms with Gasteiger partial charge in [-0.25, -0.2) is 0 Å². The maximum Gasteiger partial charge on any atom is 0.258 e. The van der Waals surface area contributed by atoms with Crippen LogP contribution < -0.4 is 0 Å². The van der Waals surface area contributed by atoms with Crippen LogP contribution in [0.1, 0.15) is 36.5 Å². The van der Waals surface area contributed by atoms with Gasteiger partial charge in [0.1, 0.15) is 11.8 Å². The summed E-state index contributed by atoms with van der Waals surface area (Å²) in [7, 11) is 0. The molecule has 0 aromatic heterocycles. The predicted molar refractivity (Wildman–Crippen MR) is 95.3 cm³/mol. The minimum Gasteiger partial charge on any atom is -0.507 e. The van der Waals surface area contributed by atoms with Gasteiger partial charge in [0.15, 0.2) is 0 Å². The highest BCUT2D eigenvalue weighted by Gasteiger charge is 2.38. The van der Waals surface area contributed by atoms with Gasteiger partial charge in [-0.2, -0.15) is 11.8 Å². The number of rotatable bonds is 3. The Kier molecular flexibility index (Phi) is 5.33. The molecule has 130 valence electrons. The van der Waals surface area contributed by atoms with Crippen LogP contribution in [0.25, 0.3) is 0 Å². The van der Waals surface area contributed by atoms with Crippen molar-refractivity contribution in [3.8, 4) is 5.75 Å². The number of likely N-dealkylation sites (tertiary alicyclic amines) is 1. The quantitative estimate of drug-likeness (QED) is 0.911. The first kappa shape index (κ1) is 17.1. The minimum atomic E-state index is -0.391. The van der Waals surface area contributed by atoms with E-state index in [1.54, 1.807) is 23.1 Å². The zero-order valence-corrected chi connectivity index (χ0v) is 14.8. The van der Waals surface area contributed by atoms with Crippen molar-refractivity contribution in [1.82, 2.24) is 9.80 Å². The van der Waals surface area contributed by atoms with E-state index in [9.17, 15) is 14.7 Å². The Bertz CT molecular complexity index is 622. The molecule has 1 aromatic rings. The first-order valence-corrected chi connectivity index (χ1v) is 9.66. The molecule has 24 heavy (non-hydrogen) atoms. The normalized spacial score (nSPS) is 24.2. The summed E-state index contributed by atoms with van der Waals surface area (Å²) in [5.74, 6) is 0.753. The summed E-state index contributed by atoms with van der Waals surface area (Å²) in [4.78, 5) is 29.3. The first-order chi connectivity index (χ1) is 11.6. The molecule has 0 unspecified atom stereocenters. The van der Waals surface area contributed by atoms with E-state index in [-0.39, 0.29) is 23.1 Å². The fourth-order valence-electron chi connectivity index (χ4n) is 3.45. The molecule has 0 aliphatic carbocycles.